The summed E-state index contributed by atoms with van der Waals surface area (Å²) in [4.78, 5) is 59.6. The third kappa shape index (κ3) is 5.62. The summed E-state index contributed by atoms with van der Waals surface area (Å²) >= 11 is 3.85. The van der Waals surface area contributed by atoms with Crippen LogP contribution < -0.4 is 26.9 Å². The van der Waals surface area contributed by atoms with E-state index in [0.717, 1.165) is 16.2 Å². The second kappa shape index (κ2) is 11.1. The van der Waals surface area contributed by atoms with Crippen LogP contribution in [0.25, 0.3) is 0 Å². The smallest absolute Gasteiger partial charge is 0.365 e. The third-order valence-electron chi connectivity index (χ3n) is 5.15. The van der Waals surface area contributed by atoms with Gasteiger partial charge in [0, 0.05) is 33.9 Å². The molecule has 0 aliphatic carbocycles. The van der Waals surface area contributed by atoms with Crippen molar-refractivity contribution in [3.05, 3.63) is 46.9 Å². The standard InChI is InChI=1S/C20H20N8O6S3/c1-34-26-12(11-8-37-20(22)23-11)15(29)24-13-16(30)28-14(18(31)32)9(7-36-17(13)28)6-35-10-2-4-27(5-3-10)25-19(21)33/h2-5,8,13,17H,6-7H2,1H3,(H6-,21,22,23,24,25,29,31,32,33)/p+1/b26-12-/t13-,17-/m1/s1. The van der Waals surface area contributed by atoms with Crippen LogP contribution in [-0.4, -0.2) is 74.5 Å². The van der Waals surface area contributed by atoms with Crippen molar-refractivity contribution in [3.8, 4) is 0 Å². The zero-order valence-corrected chi connectivity index (χ0v) is 21.6. The minimum atomic E-state index is -1.23. The van der Waals surface area contributed by atoms with Crippen LogP contribution in [0.5, 0.6) is 0 Å². The minimum absolute atomic E-state index is 0.0915. The summed E-state index contributed by atoms with van der Waals surface area (Å²) in [7, 11) is 1.27. The van der Waals surface area contributed by atoms with E-state index in [-0.39, 0.29) is 22.2 Å². The lowest BCUT2D eigenvalue weighted by Gasteiger charge is -2.49. The normalized spacial score (nSPS) is 19.1. The van der Waals surface area contributed by atoms with E-state index in [0.29, 0.717) is 17.1 Å². The molecule has 1 fully saturated rings. The number of oxime groups is 1. The third-order valence-corrected chi connectivity index (χ3v) is 8.26. The van der Waals surface area contributed by atoms with Crippen LogP contribution in [0.15, 0.2) is 51.2 Å². The van der Waals surface area contributed by atoms with Crippen molar-refractivity contribution in [2.75, 3.05) is 29.8 Å². The Balaban J connectivity index is 1.45. The molecule has 4 rings (SSSR count). The van der Waals surface area contributed by atoms with Crippen molar-refractivity contribution in [2.24, 2.45) is 10.9 Å². The number of pyridine rings is 1. The Kier molecular flexibility index (Phi) is 7.84. The van der Waals surface area contributed by atoms with Gasteiger partial charge in [0.2, 0.25) is 12.4 Å². The van der Waals surface area contributed by atoms with E-state index in [1.165, 1.54) is 45.6 Å². The maximum Gasteiger partial charge on any atom is 0.365 e. The second-order valence-corrected chi connectivity index (χ2v) is 10.6. The Bertz CT molecular complexity index is 1310. The Labute approximate surface area is 222 Å². The molecule has 17 heteroatoms. The molecule has 194 valence electrons. The molecular weight excluding hydrogens is 544 g/mol. The number of aromatic nitrogens is 2. The molecule has 7 N–H and O–H groups in total. The van der Waals surface area contributed by atoms with Crippen LogP contribution in [-0.2, 0) is 19.2 Å². The fourth-order valence-corrected chi connectivity index (χ4v) is 6.49. The van der Waals surface area contributed by atoms with Gasteiger partial charge in [-0.25, -0.2) is 14.6 Å². The number of nitrogens with zero attached hydrogens (tertiary/aromatic N) is 4. The summed E-state index contributed by atoms with van der Waals surface area (Å²) in [5, 5.41) is 17.4. The number of fused-ring (bicyclic) bond motifs is 1. The summed E-state index contributed by atoms with van der Waals surface area (Å²) < 4.78 is 1.38. The molecule has 0 unspecified atom stereocenters. The maximum atomic E-state index is 13.0. The quantitative estimate of drug-likeness (QED) is 0.0867. The number of hydrogen-bond acceptors (Lipinski definition) is 11. The van der Waals surface area contributed by atoms with Crippen molar-refractivity contribution >= 4 is 69.5 Å². The molecule has 2 aromatic rings. The zero-order chi connectivity index (χ0) is 26.7. The molecule has 2 aliphatic rings. The van der Waals surface area contributed by atoms with Gasteiger partial charge in [-0.05, 0) is 5.57 Å². The Hall–Kier alpha value is -3.83. The molecule has 2 aliphatic heterocycles. The first-order chi connectivity index (χ1) is 17.7. The molecule has 0 aromatic carbocycles. The number of urea groups is 1. The molecule has 1 saturated heterocycles. The number of anilines is 1. The number of carbonyl (C=O) groups excluding carboxylic acids is 3. The molecule has 0 saturated carbocycles. The number of nitrogen functional groups attached to an aromatic ring is 1. The van der Waals surface area contributed by atoms with Gasteiger partial charge in [0.05, 0.1) is 0 Å². The van der Waals surface area contributed by atoms with E-state index >= 15 is 0 Å². The Morgan fingerprint density at radius 2 is 2.11 bits per heavy atom. The Morgan fingerprint density at radius 1 is 1.38 bits per heavy atom. The number of β-lactam (4-membered cyclic amide) rings is 1. The fraction of sp³-hybridized carbons (Fsp3) is 0.250. The highest BCUT2D eigenvalue weighted by Gasteiger charge is 2.54. The summed E-state index contributed by atoms with van der Waals surface area (Å²) in [5.74, 6) is -1.79. The number of carboxylic acids is 1. The number of nitrogens with one attached hydrogen (secondary N) is 2. The van der Waals surface area contributed by atoms with Crippen LogP contribution in [0.4, 0.5) is 9.93 Å². The number of nitrogens with two attached hydrogens (primary N) is 2. The topological polar surface area (TPSA) is 206 Å². The molecule has 14 nitrogen and oxygen atoms in total. The number of rotatable bonds is 9. The minimum Gasteiger partial charge on any atom is -0.477 e. The highest BCUT2D eigenvalue weighted by molar-refractivity contribution is 8.01. The van der Waals surface area contributed by atoms with Crippen LogP contribution in [0.2, 0.25) is 0 Å². The van der Waals surface area contributed by atoms with Gasteiger partial charge in [-0.3, -0.25) is 14.5 Å². The lowest BCUT2D eigenvalue weighted by molar-refractivity contribution is -0.641. The summed E-state index contributed by atoms with van der Waals surface area (Å²) in [6, 6.07) is 1.81. The lowest BCUT2D eigenvalue weighted by Crippen LogP contribution is -2.71. The average molecular weight is 566 g/mol. The van der Waals surface area contributed by atoms with Gasteiger partial charge in [-0.2, -0.15) is 0 Å². The van der Waals surface area contributed by atoms with E-state index in [2.05, 4.69) is 20.9 Å². The number of aliphatic carboxylic acids is 1. The van der Waals surface area contributed by atoms with E-state index < -0.39 is 35.2 Å². The molecule has 2 atom stereocenters. The molecule has 37 heavy (non-hydrogen) atoms. The first kappa shape index (κ1) is 26.2. The van der Waals surface area contributed by atoms with Gasteiger partial charge >= 0.3 is 12.0 Å². The van der Waals surface area contributed by atoms with E-state index in [1.807, 2.05) is 0 Å². The molecular formula is C20H21N8O6S3+. The summed E-state index contributed by atoms with van der Waals surface area (Å²) in [5.41, 5.74) is 13.6. The van der Waals surface area contributed by atoms with Crippen molar-refractivity contribution in [1.29, 1.82) is 0 Å². The number of thioether (sulfide) groups is 2. The van der Waals surface area contributed by atoms with E-state index in [4.69, 9.17) is 16.3 Å². The largest absolute Gasteiger partial charge is 0.477 e. The fourth-order valence-electron chi connectivity index (χ4n) is 3.58. The predicted octanol–water partition coefficient (Wildman–Crippen LogP) is -0.484. The number of carbonyl (C=O) groups is 4. The molecule has 2 aromatic heterocycles. The Morgan fingerprint density at radius 3 is 2.70 bits per heavy atom. The van der Waals surface area contributed by atoms with Gasteiger partial charge in [0.15, 0.2) is 10.8 Å². The van der Waals surface area contributed by atoms with Gasteiger partial charge < -0.3 is 26.7 Å². The van der Waals surface area contributed by atoms with Crippen LogP contribution in [0.3, 0.4) is 0 Å². The predicted molar refractivity (Wildman–Crippen MR) is 136 cm³/mol. The number of hydrogen-bond donors (Lipinski definition) is 5. The number of thiazole rings is 1. The highest BCUT2D eigenvalue weighted by Crippen LogP contribution is 2.41. The van der Waals surface area contributed by atoms with E-state index in [9.17, 15) is 24.3 Å². The van der Waals surface area contributed by atoms with Crippen LogP contribution in [0.1, 0.15) is 5.69 Å². The number of carboxylic acid groups (broad SMARTS) is 1. The molecule has 0 radical (unpaired) electrons. The maximum absolute atomic E-state index is 13.0. The zero-order valence-electron chi connectivity index (χ0n) is 19.1. The summed E-state index contributed by atoms with van der Waals surface area (Å²) in [6.07, 6.45) is 3.19. The number of amides is 4. The second-order valence-electron chi connectivity index (χ2n) is 7.52. The van der Waals surface area contributed by atoms with Crippen LogP contribution in [0, 0.1) is 0 Å². The van der Waals surface area contributed by atoms with Gasteiger partial charge in [0.25, 0.3) is 11.8 Å². The van der Waals surface area contributed by atoms with Gasteiger partial charge in [0.1, 0.15) is 29.9 Å². The average Bonchev–Trinajstić information content (AvgIpc) is 3.29. The monoisotopic (exact) mass is 565 g/mol. The van der Waals surface area contributed by atoms with Crippen molar-refractivity contribution < 1.29 is 33.8 Å². The van der Waals surface area contributed by atoms with Gasteiger partial charge in [-0.1, -0.05) is 9.83 Å². The van der Waals surface area contributed by atoms with Gasteiger partial charge in [-0.15, -0.1) is 40.3 Å². The van der Waals surface area contributed by atoms with Crippen molar-refractivity contribution in [2.45, 2.75) is 16.3 Å². The van der Waals surface area contributed by atoms with Crippen molar-refractivity contribution in [3.63, 3.8) is 0 Å². The molecule has 4 heterocycles. The lowest BCUT2D eigenvalue weighted by atomic mass is 10.0. The number of primary amides is 1. The molecule has 4 amide bonds. The van der Waals surface area contributed by atoms with Crippen molar-refractivity contribution in [1.82, 2.24) is 15.2 Å². The SMILES string of the molecule is CO/N=C(\C(=O)N[C@@H]1C(=O)N2C(C(=O)O)=C(CSc3cc[n+](NC(N)=O)cc3)CS[C@H]12)c1csc(N)n1. The highest BCUT2D eigenvalue weighted by atomic mass is 32.2. The summed E-state index contributed by atoms with van der Waals surface area (Å²) in [6.45, 7) is 0. The first-order valence-electron chi connectivity index (χ1n) is 10.4. The van der Waals surface area contributed by atoms with Crippen LogP contribution >= 0.6 is 34.9 Å². The molecule has 0 bridgehead atoms. The molecule has 0 spiro atoms. The first-order valence-corrected chi connectivity index (χ1v) is 13.3. The van der Waals surface area contributed by atoms with E-state index in [1.54, 1.807) is 24.5 Å².